The first-order chi connectivity index (χ1) is 8.36. The Morgan fingerprint density at radius 1 is 0.889 bits per heavy atom. The molecular weight excluding hydrogens is 275 g/mol. The fraction of sp³-hybridized carbons (Fsp3) is 0.125. The molecule has 1 aromatic carbocycles. The van der Waals surface area contributed by atoms with E-state index < -0.39 is 0 Å². The summed E-state index contributed by atoms with van der Waals surface area (Å²) in [5.74, 6) is 0. The first kappa shape index (κ1) is 13.6. The number of hydrogen-bond donors (Lipinski definition) is 0. The predicted octanol–water partition coefficient (Wildman–Crippen LogP) is 0.549. The maximum absolute atomic E-state index is 2.25. The molecular formula is C16H13ClTi. The van der Waals surface area contributed by atoms with Crippen LogP contribution in [0.4, 0.5) is 0 Å². The van der Waals surface area contributed by atoms with E-state index in [0.29, 0.717) is 0 Å². The first-order valence-electron chi connectivity index (χ1n) is 5.93. The molecule has 0 N–H and O–H groups in total. The minimum absolute atomic E-state index is 0. The van der Waals surface area contributed by atoms with E-state index in [0.717, 1.165) is 12.8 Å². The average Bonchev–Trinajstić information content (AvgIpc) is 3.02. The standard InChI is InChI=1S/C16H13.ClH.Ti/c1-2-8-13(7-1)15-11-5-6-12-16(15)14-9-3-4-10-14;;/h1-7,9,11H,8,10H2;1H;/q;;+1/p-1. The van der Waals surface area contributed by atoms with Crippen LogP contribution in [0.1, 0.15) is 24.0 Å². The van der Waals surface area contributed by atoms with Crippen LogP contribution in [0.3, 0.4) is 0 Å². The van der Waals surface area contributed by atoms with Crippen LogP contribution in [0.25, 0.3) is 11.1 Å². The molecule has 0 saturated carbocycles. The van der Waals surface area contributed by atoms with E-state index in [1.54, 1.807) is 0 Å². The van der Waals surface area contributed by atoms with Crippen LogP contribution in [-0.2, 0) is 20.4 Å². The molecule has 0 saturated heterocycles. The van der Waals surface area contributed by atoms with Crippen molar-refractivity contribution in [3.8, 4) is 0 Å². The van der Waals surface area contributed by atoms with Gasteiger partial charge in [0.25, 0.3) is 0 Å². The zero-order chi connectivity index (χ0) is 11.7. The van der Waals surface area contributed by atoms with E-state index in [-0.39, 0.29) is 12.4 Å². The Bertz CT molecular complexity index is 577. The van der Waals surface area contributed by atoms with Gasteiger partial charge in [-0.1, -0.05) is 0 Å². The van der Waals surface area contributed by atoms with Crippen LogP contribution in [0.15, 0.2) is 54.7 Å². The van der Waals surface area contributed by atoms with Crippen molar-refractivity contribution in [2.24, 2.45) is 0 Å². The van der Waals surface area contributed by atoms with Gasteiger partial charge in [-0.25, -0.2) is 0 Å². The summed E-state index contributed by atoms with van der Waals surface area (Å²) in [6.07, 6.45) is 15.4. The summed E-state index contributed by atoms with van der Waals surface area (Å²) >= 11 is 2.21. The Balaban J connectivity index is 0.00000120. The van der Waals surface area contributed by atoms with Crippen molar-refractivity contribution in [1.29, 1.82) is 0 Å². The molecule has 0 spiro atoms. The summed E-state index contributed by atoms with van der Waals surface area (Å²) in [6.45, 7) is 0. The molecule has 0 bridgehead atoms. The van der Waals surface area contributed by atoms with Crippen LogP contribution in [0.2, 0.25) is 0 Å². The summed E-state index contributed by atoms with van der Waals surface area (Å²) in [4.78, 5) is 0. The minimum atomic E-state index is 0. The summed E-state index contributed by atoms with van der Waals surface area (Å²) in [6, 6.07) is 6.62. The van der Waals surface area contributed by atoms with Crippen molar-refractivity contribution < 1.29 is 32.8 Å². The zero-order valence-corrected chi connectivity index (χ0v) is 12.3. The van der Waals surface area contributed by atoms with E-state index in [2.05, 4.69) is 75.1 Å². The molecule has 2 aliphatic carbocycles. The third kappa shape index (κ3) is 2.47. The van der Waals surface area contributed by atoms with Gasteiger partial charge in [0.15, 0.2) is 0 Å². The van der Waals surface area contributed by atoms with Gasteiger partial charge in [0, 0.05) is 0 Å². The molecule has 0 nitrogen and oxygen atoms in total. The van der Waals surface area contributed by atoms with Gasteiger partial charge >= 0.3 is 114 Å². The van der Waals surface area contributed by atoms with E-state index >= 15 is 0 Å². The predicted molar refractivity (Wildman–Crippen MR) is 69.5 cm³/mol. The molecule has 18 heavy (non-hydrogen) atoms. The molecule has 0 atom stereocenters. The van der Waals surface area contributed by atoms with E-state index in [4.69, 9.17) is 0 Å². The summed E-state index contributed by atoms with van der Waals surface area (Å²) in [5.41, 5.74) is 5.74. The molecule has 0 aromatic heterocycles. The maximum atomic E-state index is 2.25. The summed E-state index contributed by atoms with van der Waals surface area (Å²) in [5, 5.41) is 0. The number of benzene rings is 1. The fourth-order valence-corrected chi connectivity index (χ4v) is 3.06. The topological polar surface area (TPSA) is 0 Å². The van der Waals surface area contributed by atoms with Crippen molar-refractivity contribution in [2.45, 2.75) is 12.8 Å². The number of halogens is 1. The molecule has 0 heterocycles. The normalized spacial score (nSPS) is 16.4. The molecule has 88 valence electrons. The second-order valence-electron chi connectivity index (χ2n) is 4.38. The van der Waals surface area contributed by atoms with Gasteiger partial charge < -0.3 is 12.4 Å². The van der Waals surface area contributed by atoms with Gasteiger partial charge in [-0.3, -0.25) is 0 Å². The summed E-state index contributed by atoms with van der Waals surface area (Å²) in [7, 11) is 0. The second-order valence-corrected chi connectivity index (χ2v) is 5.22. The van der Waals surface area contributed by atoms with Gasteiger partial charge in [-0.05, 0) is 0 Å². The van der Waals surface area contributed by atoms with Crippen LogP contribution < -0.4 is 16.3 Å². The van der Waals surface area contributed by atoms with Gasteiger partial charge in [-0.15, -0.1) is 0 Å². The van der Waals surface area contributed by atoms with Gasteiger partial charge in [0.2, 0.25) is 0 Å². The van der Waals surface area contributed by atoms with Gasteiger partial charge in [-0.2, -0.15) is 0 Å². The van der Waals surface area contributed by atoms with Crippen molar-refractivity contribution in [2.75, 3.05) is 0 Å². The fourth-order valence-electron chi connectivity index (χ4n) is 2.45. The Labute approximate surface area is 126 Å². The first-order valence-corrected chi connectivity index (χ1v) is 6.71. The van der Waals surface area contributed by atoms with Crippen LogP contribution in [0.5, 0.6) is 0 Å². The number of rotatable bonds is 2. The van der Waals surface area contributed by atoms with Crippen LogP contribution in [-0.4, -0.2) is 0 Å². The average molecular weight is 289 g/mol. The second kappa shape index (κ2) is 5.88. The van der Waals surface area contributed by atoms with E-state index in [9.17, 15) is 0 Å². The summed E-state index contributed by atoms with van der Waals surface area (Å²) < 4.78 is 1.38. The molecule has 2 heteroatoms. The van der Waals surface area contributed by atoms with E-state index in [1.807, 2.05) is 0 Å². The van der Waals surface area contributed by atoms with Crippen LogP contribution in [0, 0.1) is 0 Å². The number of hydrogen-bond acceptors (Lipinski definition) is 0. The molecule has 2 aliphatic rings. The molecule has 3 rings (SSSR count). The Morgan fingerprint density at radius 3 is 2.17 bits per heavy atom. The number of allylic oxidation sites excluding steroid dienone is 8. The monoisotopic (exact) mass is 288 g/mol. The molecule has 0 aliphatic heterocycles. The zero-order valence-electron chi connectivity index (χ0n) is 9.99. The van der Waals surface area contributed by atoms with Crippen molar-refractivity contribution >= 4 is 15.0 Å². The van der Waals surface area contributed by atoms with E-state index in [1.165, 1.54) is 26.1 Å². The van der Waals surface area contributed by atoms with Gasteiger partial charge in [0.1, 0.15) is 0 Å². The molecule has 0 radical (unpaired) electrons. The Hall–Kier alpha value is -0.816. The van der Waals surface area contributed by atoms with Crippen LogP contribution >= 0.6 is 0 Å². The molecule has 0 fully saturated rings. The van der Waals surface area contributed by atoms with Crippen molar-refractivity contribution in [1.82, 2.24) is 0 Å². The molecule has 1 aromatic rings. The van der Waals surface area contributed by atoms with Gasteiger partial charge in [0.05, 0.1) is 0 Å². The SMILES string of the molecule is [Cl-].[Ti+][c]1cccc(C2=CC=CC2)c1C1=CC=CC1. The third-order valence-corrected chi connectivity index (χ3v) is 3.92. The molecule has 0 unspecified atom stereocenters. The van der Waals surface area contributed by atoms with Crippen molar-refractivity contribution in [3.05, 3.63) is 65.8 Å². The Morgan fingerprint density at radius 2 is 1.56 bits per heavy atom. The third-order valence-electron chi connectivity index (χ3n) is 3.27. The van der Waals surface area contributed by atoms with Crippen molar-refractivity contribution in [3.63, 3.8) is 0 Å². The quantitative estimate of drug-likeness (QED) is 0.697. The Kier molecular flexibility index (Phi) is 4.45. The molecule has 0 amide bonds.